The van der Waals surface area contributed by atoms with Crippen molar-refractivity contribution in [3.63, 3.8) is 0 Å². The summed E-state index contributed by atoms with van der Waals surface area (Å²) >= 11 is 0. The lowest BCUT2D eigenvalue weighted by molar-refractivity contribution is 0.0597. The number of methoxy groups -OCH3 is 1. The van der Waals surface area contributed by atoms with Crippen molar-refractivity contribution in [2.45, 2.75) is 39.3 Å². The van der Waals surface area contributed by atoms with Crippen molar-refractivity contribution in [2.24, 2.45) is 5.92 Å². The molecule has 3 nitrogen and oxygen atoms in total. The number of hydrogen-bond acceptors (Lipinski definition) is 3. The largest absolute Gasteiger partial charge is 0.465 e. The molecule has 0 atom stereocenters. The number of nitrogens with zero attached hydrogens (tertiary/aromatic N) is 1. The van der Waals surface area contributed by atoms with Crippen molar-refractivity contribution >= 4 is 5.97 Å². The molecule has 0 aromatic heterocycles. The molecule has 1 aromatic rings. The molecule has 1 fully saturated rings. The normalized spacial score (nSPS) is 15.0. The summed E-state index contributed by atoms with van der Waals surface area (Å²) in [5, 5.41) is 0. The lowest BCUT2D eigenvalue weighted by atomic mass is 10.1. The van der Waals surface area contributed by atoms with Crippen LogP contribution in [0.4, 0.5) is 0 Å². The second kappa shape index (κ2) is 6.20. The van der Waals surface area contributed by atoms with Gasteiger partial charge in [0.2, 0.25) is 0 Å². The summed E-state index contributed by atoms with van der Waals surface area (Å²) < 4.78 is 4.85. The van der Waals surface area contributed by atoms with Gasteiger partial charge in [0, 0.05) is 19.1 Å². The highest BCUT2D eigenvalue weighted by molar-refractivity contribution is 5.90. The highest BCUT2D eigenvalue weighted by Crippen LogP contribution is 2.31. The number of hydrogen-bond donors (Lipinski definition) is 0. The SMILES string of the molecule is COC(=O)c1ccccc1CN(CC1CC1)C(C)C. The lowest BCUT2D eigenvalue weighted by Gasteiger charge is -2.27. The maximum Gasteiger partial charge on any atom is 0.338 e. The van der Waals surface area contributed by atoms with E-state index in [9.17, 15) is 4.79 Å². The molecule has 19 heavy (non-hydrogen) atoms. The summed E-state index contributed by atoms with van der Waals surface area (Å²) in [6.45, 7) is 6.37. The lowest BCUT2D eigenvalue weighted by Crippen LogP contribution is -2.32. The fourth-order valence-electron chi connectivity index (χ4n) is 2.28. The Hall–Kier alpha value is -1.35. The summed E-state index contributed by atoms with van der Waals surface area (Å²) in [6, 6.07) is 8.23. The van der Waals surface area contributed by atoms with Gasteiger partial charge >= 0.3 is 5.97 Å². The Morgan fingerprint density at radius 3 is 2.63 bits per heavy atom. The third-order valence-corrected chi connectivity index (χ3v) is 3.72. The molecule has 0 heterocycles. The van der Waals surface area contributed by atoms with Crippen LogP contribution in [-0.4, -0.2) is 30.6 Å². The maximum absolute atomic E-state index is 11.8. The van der Waals surface area contributed by atoms with Gasteiger partial charge in [0.05, 0.1) is 12.7 Å². The minimum Gasteiger partial charge on any atom is -0.465 e. The quantitative estimate of drug-likeness (QED) is 0.737. The van der Waals surface area contributed by atoms with Crippen LogP contribution in [0.2, 0.25) is 0 Å². The molecule has 0 bridgehead atoms. The van der Waals surface area contributed by atoms with Gasteiger partial charge in [-0.3, -0.25) is 4.90 Å². The van der Waals surface area contributed by atoms with E-state index in [-0.39, 0.29) is 5.97 Å². The Labute approximate surface area is 115 Å². The Morgan fingerprint density at radius 1 is 1.37 bits per heavy atom. The van der Waals surface area contributed by atoms with Gasteiger partial charge in [-0.25, -0.2) is 4.79 Å². The van der Waals surface area contributed by atoms with Crippen LogP contribution >= 0.6 is 0 Å². The van der Waals surface area contributed by atoms with Crippen LogP contribution in [0, 0.1) is 5.92 Å². The molecule has 0 amide bonds. The number of carbonyl (C=O) groups is 1. The molecule has 0 N–H and O–H groups in total. The standard InChI is InChI=1S/C16H23NO2/c1-12(2)17(10-13-8-9-13)11-14-6-4-5-7-15(14)16(18)19-3/h4-7,12-13H,8-11H2,1-3H3. The smallest absolute Gasteiger partial charge is 0.338 e. The van der Waals surface area contributed by atoms with Crippen molar-refractivity contribution in [3.05, 3.63) is 35.4 Å². The van der Waals surface area contributed by atoms with Gasteiger partial charge in [-0.05, 0) is 44.2 Å². The first-order valence-electron chi connectivity index (χ1n) is 7.02. The third-order valence-electron chi connectivity index (χ3n) is 3.72. The molecule has 3 heteroatoms. The van der Waals surface area contributed by atoms with Crippen molar-refractivity contribution < 1.29 is 9.53 Å². The van der Waals surface area contributed by atoms with Crippen molar-refractivity contribution in [1.82, 2.24) is 4.90 Å². The third kappa shape index (κ3) is 3.80. The van der Waals surface area contributed by atoms with Gasteiger partial charge in [-0.15, -0.1) is 0 Å². The molecule has 1 aliphatic rings. The first-order valence-corrected chi connectivity index (χ1v) is 7.02. The van der Waals surface area contributed by atoms with E-state index in [1.54, 1.807) is 0 Å². The Kier molecular flexibility index (Phi) is 4.59. The highest BCUT2D eigenvalue weighted by atomic mass is 16.5. The number of carbonyl (C=O) groups excluding carboxylic acids is 1. The zero-order chi connectivity index (χ0) is 13.8. The number of esters is 1. The molecule has 1 saturated carbocycles. The monoisotopic (exact) mass is 261 g/mol. The fourth-order valence-corrected chi connectivity index (χ4v) is 2.28. The topological polar surface area (TPSA) is 29.5 Å². The van der Waals surface area contributed by atoms with E-state index in [2.05, 4.69) is 18.7 Å². The molecule has 1 aliphatic carbocycles. The summed E-state index contributed by atoms with van der Waals surface area (Å²) in [5.74, 6) is 0.610. The molecule has 0 spiro atoms. The van der Waals surface area contributed by atoms with Crippen LogP contribution in [0.15, 0.2) is 24.3 Å². The van der Waals surface area contributed by atoms with Crippen LogP contribution in [0.3, 0.4) is 0 Å². The molecule has 104 valence electrons. The van der Waals surface area contributed by atoms with Crippen molar-refractivity contribution in [2.75, 3.05) is 13.7 Å². The summed E-state index contributed by atoms with van der Waals surface area (Å²) in [5.41, 5.74) is 1.75. The van der Waals surface area contributed by atoms with E-state index >= 15 is 0 Å². The molecular weight excluding hydrogens is 238 g/mol. The van der Waals surface area contributed by atoms with Crippen molar-refractivity contribution in [3.8, 4) is 0 Å². The van der Waals surface area contributed by atoms with Gasteiger partial charge in [0.25, 0.3) is 0 Å². The van der Waals surface area contributed by atoms with E-state index in [1.165, 1.54) is 20.0 Å². The maximum atomic E-state index is 11.8. The predicted molar refractivity (Wildman–Crippen MR) is 76.1 cm³/mol. The van der Waals surface area contributed by atoms with Gasteiger partial charge < -0.3 is 4.74 Å². The Morgan fingerprint density at radius 2 is 2.05 bits per heavy atom. The van der Waals surface area contributed by atoms with E-state index in [0.29, 0.717) is 11.6 Å². The van der Waals surface area contributed by atoms with E-state index < -0.39 is 0 Å². The molecule has 1 aromatic carbocycles. The fraction of sp³-hybridized carbons (Fsp3) is 0.562. The predicted octanol–water partition coefficient (Wildman–Crippen LogP) is 3.09. The van der Waals surface area contributed by atoms with Crippen LogP contribution in [0.5, 0.6) is 0 Å². The van der Waals surface area contributed by atoms with Gasteiger partial charge in [-0.2, -0.15) is 0 Å². The van der Waals surface area contributed by atoms with E-state index in [0.717, 1.165) is 24.6 Å². The molecular formula is C16H23NO2. The number of rotatable bonds is 6. The minimum absolute atomic E-state index is 0.245. The first-order chi connectivity index (χ1) is 9.11. The first kappa shape index (κ1) is 14.1. The van der Waals surface area contributed by atoms with E-state index in [4.69, 9.17) is 4.74 Å². The number of ether oxygens (including phenoxy) is 1. The van der Waals surface area contributed by atoms with Crippen LogP contribution in [-0.2, 0) is 11.3 Å². The number of benzene rings is 1. The molecule has 0 unspecified atom stereocenters. The Bertz CT molecular complexity index is 438. The van der Waals surface area contributed by atoms with E-state index in [1.807, 2.05) is 24.3 Å². The second-order valence-electron chi connectivity index (χ2n) is 5.62. The average molecular weight is 261 g/mol. The minimum atomic E-state index is -0.245. The zero-order valence-electron chi connectivity index (χ0n) is 12.1. The zero-order valence-corrected chi connectivity index (χ0v) is 12.1. The highest BCUT2D eigenvalue weighted by Gasteiger charge is 2.26. The van der Waals surface area contributed by atoms with Gasteiger partial charge in [0.15, 0.2) is 0 Å². The van der Waals surface area contributed by atoms with Crippen molar-refractivity contribution in [1.29, 1.82) is 0 Å². The van der Waals surface area contributed by atoms with Crippen LogP contribution < -0.4 is 0 Å². The summed E-state index contributed by atoms with van der Waals surface area (Å²) in [4.78, 5) is 14.2. The average Bonchev–Trinajstić information content (AvgIpc) is 3.21. The molecule has 2 rings (SSSR count). The van der Waals surface area contributed by atoms with Crippen LogP contribution in [0.25, 0.3) is 0 Å². The van der Waals surface area contributed by atoms with Crippen LogP contribution in [0.1, 0.15) is 42.6 Å². The summed E-state index contributed by atoms with van der Waals surface area (Å²) in [6.07, 6.45) is 2.70. The molecule has 0 aliphatic heterocycles. The Balaban J connectivity index is 2.13. The molecule has 0 radical (unpaired) electrons. The molecule has 0 saturated heterocycles. The van der Waals surface area contributed by atoms with Gasteiger partial charge in [-0.1, -0.05) is 18.2 Å². The summed E-state index contributed by atoms with van der Waals surface area (Å²) in [7, 11) is 1.43. The second-order valence-corrected chi connectivity index (χ2v) is 5.62. The van der Waals surface area contributed by atoms with Gasteiger partial charge in [0.1, 0.15) is 0 Å².